The molecule has 2 heterocycles. The molecule has 0 radical (unpaired) electrons. The van der Waals surface area contributed by atoms with E-state index in [0.29, 0.717) is 23.1 Å². The average molecular weight is 442 g/mol. The van der Waals surface area contributed by atoms with E-state index in [4.69, 9.17) is 4.74 Å². The second-order valence-corrected chi connectivity index (χ2v) is 10.2. The standard InChI is InChI=1S/C28H31N3O2/c1-16(2)31-10-8-18(9-11-31)20-13-22-21(14-24(20)33-5)26(32)25-19-7-6-17(15-29)12-23(19)30-27(25)28(22,3)4/h6-7,12-14,16,18,30H,8-11H2,1-5H3. The molecule has 3 aromatic rings. The van der Waals surface area contributed by atoms with Gasteiger partial charge in [-0.2, -0.15) is 5.26 Å². The number of nitriles is 1. The van der Waals surface area contributed by atoms with Crippen molar-refractivity contribution in [1.82, 2.24) is 9.88 Å². The van der Waals surface area contributed by atoms with Crippen LogP contribution < -0.4 is 4.74 Å². The van der Waals surface area contributed by atoms with Gasteiger partial charge >= 0.3 is 0 Å². The number of aromatic amines is 1. The molecule has 0 atom stereocenters. The van der Waals surface area contributed by atoms with Crippen LogP contribution in [0.15, 0.2) is 30.3 Å². The zero-order chi connectivity index (χ0) is 23.5. The molecule has 2 aliphatic rings. The lowest BCUT2D eigenvalue weighted by Gasteiger charge is -2.37. The number of aromatic nitrogens is 1. The Labute approximate surface area is 195 Å². The number of benzene rings is 2. The minimum atomic E-state index is -0.371. The van der Waals surface area contributed by atoms with Gasteiger partial charge in [-0.1, -0.05) is 26.0 Å². The van der Waals surface area contributed by atoms with Crippen LogP contribution in [0.1, 0.15) is 84.8 Å². The highest BCUT2D eigenvalue weighted by Crippen LogP contribution is 2.47. The van der Waals surface area contributed by atoms with E-state index < -0.39 is 0 Å². The summed E-state index contributed by atoms with van der Waals surface area (Å²) in [5.41, 5.74) is 5.67. The van der Waals surface area contributed by atoms with Crippen molar-refractivity contribution in [3.8, 4) is 11.8 Å². The maximum absolute atomic E-state index is 13.8. The molecule has 2 aromatic carbocycles. The number of H-pyrrole nitrogens is 1. The second kappa shape index (κ2) is 7.74. The summed E-state index contributed by atoms with van der Waals surface area (Å²) < 4.78 is 5.83. The molecule has 1 aliphatic carbocycles. The molecule has 0 amide bonds. The number of rotatable bonds is 3. The Morgan fingerprint density at radius 3 is 2.55 bits per heavy atom. The largest absolute Gasteiger partial charge is 0.496 e. The van der Waals surface area contributed by atoms with Gasteiger partial charge in [0.15, 0.2) is 5.78 Å². The number of ketones is 1. The Hall–Kier alpha value is -3.10. The van der Waals surface area contributed by atoms with Gasteiger partial charge < -0.3 is 14.6 Å². The van der Waals surface area contributed by atoms with Crippen LogP contribution in [0.25, 0.3) is 10.9 Å². The van der Waals surface area contributed by atoms with Gasteiger partial charge in [0.05, 0.1) is 24.3 Å². The van der Waals surface area contributed by atoms with Gasteiger partial charge in [-0.05, 0) is 75.0 Å². The molecule has 33 heavy (non-hydrogen) atoms. The van der Waals surface area contributed by atoms with E-state index in [1.54, 1.807) is 13.2 Å². The fourth-order valence-corrected chi connectivity index (χ4v) is 5.77. The molecule has 1 aromatic heterocycles. The van der Waals surface area contributed by atoms with Crippen LogP contribution in [0.3, 0.4) is 0 Å². The minimum Gasteiger partial charge on any atom is -0.496 e. The molecule has 5 rings (SSSR count). The van der Waals surface area contributed by atoms with E-state index >= 15 is 0 Å². The quantitative estimate of drug-likeness (QED) is 0.582. The molecule has 1 N–H and O–H groups in total. The van der Waals surface area contributed by atoms with Crippen molar-refractivity contribution in [2.75, 3.05) is 20.2 Å². The predicted molar refractivity (Wildman–Crippen MR) is 130 cm³/mol. The summed E-state index contributed by atoms with van der Waals surface area (Å²) >= 11 is 0. The molecule has 5 heteroatoms. The third-order valence-corrected chi connectivity index (χ3v) is 7.77. The highest BCUT2D eigenvalue weighted by atomic mass is 16.5. The number of piperidine rings is 1. The molecular formula is C28H31N3O2. The molecule has 1 fully saturated rings. The number of ether oxygens (including phenoxy) is 1. The van der Waals surface area contributed by atoms with Crippen LogP contribution in [0.2, 0.25) is 0 Å². The molecule has 0 bridgehead atoms. The van der Waals surface area contributed by atoms with Crippen LogP contribution in [-0.4, -0.2) is 41.9 Å². The average Bonchev–Trinajstić information content (AvgIpc) is 3.22. The number of fused-ring (bicyclic) bond motifs is 4. The van der Waals surface area contributed by atoms with Crippen molar-refractivity contribution in [2.24, 2.45) is 0 Å². The molecule has 0 saturated carbocycles. The third-order valence-electron chi connectivity index (χ3n) is 7.77. The van der Waals surface area contributed by atoms with E-state index in [1.165, 1.54) is 5.56 Å². The number of methoxy groups -OCH3 is 1. The SMILES string of the molecule is COc1cc2c(cc1C1CCN(C(C)C)CC1)C(C)(C)c1[nH]c3cc(C#N)ccc3c1C2=O. The number of nitrogens with zero attached hydrogens (tertiary/aromatic N) is 2. The van der Waals surface area contributed by atoms with Gasteiger partial charge in [-0.3, -0.25) is 4.79 Å². The highest BCUT2D eigenvalue weighted by Gasteiger charge is 2.41. The zero-order valence-electron chi connectivity index (χ0n) is 20.1. The number of nitrogens with one attached hydrogen (secondary N) is 1. The zero-order valence-corrected chi connectivity index (χ0v) is 20.1. The van der Waals surface area contributed by atoms with Crippen molar-refractivity contribution in [3.63, 3.8) is 0 Å². The predicted octanol–water partition coefficient (Wildman–Crippen LogP) is 5.51. The molecule has 0 spiro atoms. The lowest BCUT2D eigenvalue weighted by atomic mass is 9.70. The third kappa shape index (κ3) is 3.28. The molecule has 1 aliphatic heterocycles. The second-order valence-electron chi connectivity index (χ2n) is 10.2. The number of carbonyl (C=O) groups excluding carboxylic acids is 1. The maximum atomic E-state index is 13.8. The number of carbonyl (C=O) groups is 1. The Morgan fingerprint density at radius 1 is 1.18 bits per heavy atom. The van der Waals surface area contributed by atoms with Crippen molar-refractivity contribution in [3.05, 3.63) is 63.8 Å². The number of hydrogen-bond donors (Lipinski definition) is 1. The summed E-state index contributed by atoms with van der Waals surface area (Å²) in [6.07, 6.45) is 2.19. The van der Waals surface area contributed by atoms with Crippen LogP contribution >= 0.6 is 0 Å². The maximum Gasteiger partial charge on any atom is 0.195 e. The van der Waals surface area contributed by atoms with Gasteiger partial charge in [0, 0.05) is 33.6 Å². The lowest BCUT2D eigenvalue weighted by Crippen LogP contribution is -2.38. The number of hydrogen-bond acceptors (Lipinski definition) is 4. The Balaban J connectivity index is 1.63. The van der Waals surface area contributed by atoms with E-state index in [9.17, 15) is 10.1 Å². The summed E-state index contributed by atoms with van der Waals surface area (Å²) in [6.45, 7) is 11.0. The summed E-state index contributed by atoms with van der Waals surface area (Å²) in [5.74, 6) is 1.26. The van der Waals surface area contributed by atoms with Crippen LogP contribution in [0.4, 0.5) is 0 Å². The van der Waals surface area contributed by atoms with Crippen LogP contribution in [0, 0.1) is 11.3 Å². The van der Waals surface area contributed by atoms with Gasteiger partial charge in [0.1, 0.15) is 5.75 Å². The monoisotopic (exact) mass is 441 g/mol. The lowest BCUT2D eigenvalue weighted by molar-refractivity contribution is 0.103. The first-order valence-electron chi connectivity index (χ1n) is 11.8. The Morgan fingerprint density at radius 2 is 1.91 bits per heavy atom. The molecular weight excluding hydrogens is 410 g/mol. The van der Waals surface area contributed by atoms with Gasteiger partial charge in [0.2, 0.25) is 0 Å². The van der Waals surface area contributed by atoms with Crippen LogP contribution in [-0.2, 0) is 5.41 Å². The topological polar surface area (TPSA) is 69.1 Å². The van der Waals surface area contributed by atoms with E-state index in [2.05, 4.69) is 49.7 Å². The van der Waals surface area contributed by atoms with Gasteiger partial charge in [-0.15, -0.1) is 0 Å². The van der Waals surface area contributed by atoms with Gasteiger partial charge in [0.25, 0.3) is 0 Å². The first kappa shape index (κ1) is 21.7. The summed E-state index contributed by atoms with van der Waals surface area (Å²) in [6, 6.07) is 12.4. The minimum absolute atomic E-state index is 0.0229. The first-order chi connectivity index (χ1) is 15.8. The molecule has 1 saturated heterocycles. The fraction of sp³-hybridized carbons (Fsp3) is 0.429. The Kier molecular flexibility index (Phi) is 5.10. The van der Waals surface area contributed by atoms with E-state index in [1.807, 2.05) is 18.2 Å². The molecule has 0 unspecified atom stereocenters. The highest BCUT2D eigenvalue weighted by molar-refractivity contribution is 6.20. The van der Waals surface area contributed by atoms with Crippen molar-refractivity contribution in [1.29, 1.82) is 5.26 Å². The van der Waals surface area contributed by atoms with E-state index in [-0.39, 0.29) is 11.2 Å². The number of likely N-dealkylation sites (tertiary alicyclic amines) is 1. The van der Waals surface area contributed by atoms with Crippen LogP contribution in [0.5, 0.6) is 5.75 Å². The van der Waals surface area contributed by atoms with Crippen molar-refractivity contribution in [2.45, 2.75) is 57.9 Å². The first-order valence-corrected chi connectivity index (χ1v) is 11.8. The summed E-state index contributed by atoms with van der Waals surface area (Å²) in [5, 5.41) is 10.2. The smallest absolute Gasteiger partial charge is 0.195 e. The fourth-order valence-electron chi connectivity index (χ4n) is 5.77. The molecule has 170 valence electrons. The van der Waals surface area contributed by atoms with Crippen molar-refractivity contribution >= 4 is 16.7 Å². The molecule has 5 nitrogen and oxygen atoms in total. The Bertz CT molecular complexity index is 1300. The summed E-state index contributed by atoms with van der Waals surface area (Å²) in [7, 11) is 1.70. The van der Waals surface area contributed by atoms with Crippen molar-refractivity contribution < 1.29 is 9.53 Å². The summed E-state index contributed by atoms with van der Waals surface area (Å²) in [4.78, 5) is 19.8. The van der Waals surface area contributed by atoms with E-state index in [0.717, 1.165) is 59.4 Å². The normalized spacial score (nSPS) is 18.3. The van der Waals surface area contributed by atoms with Gasteiger partial charge in [-0.25, -0.2) is 0 Å².